The van der Waals surface area contributed by atoms with Gasteiger partial charge in [0.1, 0.15) is 0 Å². The zero-order valence-corrected chi connectivity index (χ0v) is 14.3. The van der Waals surface area contributed by atoms with Crippen molar-refractivity contribution in [2.24, 2.45) is 0 Å². The van der Waals surface area contributed by atoms with Crippen molar-refractivity contribution in [3.8, 4) is 0 Å². The molecule has 1 fully saturated rings. The fourth-order valence-electron chi connectivity index (χ4n) is 2.27. The molecule has 0 spiro atoms. The maximum Gasteiger partial charge on any atom is 1.00 e. The molecule has 0 saturated carbocycles. The average molecular weight is 293 g/mol. The third-order valence-corrected chi connectivity index (χ3v) is 3.17. The van der Waals surface area contributed by atoms with Gasteiger partial charge in [-0.15, -0.1) is 11.5 Å². The Balaban J connectivity index is 0.00000180. The number of rotatable bonds is 3. The molecule has 1 saturated heterocycles. The van der Waals surface area contributed by atoms with Crippen LogP contribution in [-0.2, 0) is 6.54 Å². The molecule has 1 aliphatic rings. The van der Waals surface area contributed by atoms with Crippen LogP contribution < -0.4 is 51.4 Å². The standard InChI is InChI=1S/C13H16BF3N.K/c15-14(16,17)10-12-6-8-18(9-7-12)11-13-4-2-1-3-5-13;/h1-5,10H,6-9,11H2;/q-1;+1. The zero-order valence-electron chi connectivity index (χ0n) is 11.2. The van der Waals surface area contributed by atoms with Crippen LogP contribution >= 0.6 is 0 Å². The van der Waals surface area contributed by atoms with Gasteiger partial charge in [-0.05, 0) is 18.4 Å². The number of nitrogens with zero attached hydrogens (tertiary/aromatic N) is 1. The van der Waals surface area contributed by atoms with Crippen LogP contribution in [0.2, 0.25) is 0 Å². The molecule has 0 aromatic heterocycles. The van der Waals surface area contributed by atoms with Crippen molar-refractivity contribution in [2.45, 2.75) is 19.4 Å². The van der Waals surface area contributed by atoms with Crippen molar-refractivity contribution in [3.63, 3.8) is 0 Å². The van der Waals surface area contributed by atoms with Crippen LogP contribution in [0.15, 0.2) is 41.9 Å². The molecule has 1 aliphatic heterocycles. The van der Waals surface area contributed by atoms with Gasteiger partial charge in [-0.1, -0.05) is 30.3 Å². The van der Waals surface area contributed by atoms with Crippen molar-refractivity contribution in [2.75, 3.05) is 13.1 Å². The maximum atomic E-state index is 12.3. The van der Waals surface area contributed by atoms with Crippen LogP contribution in [0.25, 0.3) is 0 Å². The molecule has 1 aromatic carbocycles. The Morgan fingerprint density at radius 3 is 2.16 bits per heavy atom. The largest absolute Gasteiger partial charge is 1.00 e. The molecule has 0 bridgehead atoms. The number of benzene rings is 1. The van der Waals surface area contributed by atoms with E-state index < -0.39 is 6.98 Å². The van der Waals surface area contributed by atoms with Crippen molar-refractivity contribution in [1.82, 2.24) is 4.90 Å². The summed E-state index contributed by atoms with van der Waals surface area (Å²) < 4.78 is 36.8. The SMILES string of the molecule is F[B-](F)(F)C=C1CCN(Cc2ccccc2)CC1.[K+]. The van der Waals surface area contributed by atoms with E-state index in [1.54, 1.807) is 0 Å². The molecule has 0 radical (unpaired) electrons. The second kappa shape index (κ2) is 8.00. The maximum absolute atomic E-state index is 12.3. The molecular weight excluding hydrogens is 277 g/mol. The van der Waals surface area contributed by atoms with E-state index in [1.807, 2.05) is 30.3 Å². The first kappa shape index (κ1) is 17.5. The van der Waals surface area contributed by atoms with Gasteiger partial charge in [0.05, 0.1) is 0 Å². The Hall–Kier alpha value is 0.411. The van der Waals surface area contributed by atoms with E-state index in [0.29, 0.717) is 37.5 Å². The number of hydrogen-bond acceptors (Lipinski definition) is 1. The van der Waals surface area contributed by atoms with Gasteiger partial charge >= 0.3 is 58.4 Å². The van der Waals surface area contributed by atoms with Crippen LogP contribution in [0.3, 0.4) is 0 Å². The molecule has 2 rings (SSSR count). The molecule has 98 valence electrons. The van der Waals surface area contributed by atoms with E-state index in [9.17, 15) is 12.9 Å². The Morgan fingerprint density at radius 2 is 1.63 bits per heavy atom. The number of likely N-dealkylation sites (tertiary alicyclic amines) is 1. The van der Waals surface area contributed by atoms with Crippen molar-refractivity contribution in [1.29, 1.82) is 0 Å². The van der Waals surface area contributed by atoms with Gasteiger partial charge in [0.15, 0.2) is 0 Å². The predicted octanol–water partition coefficient (Wildman–Crippen LogP) is 0.599. The van der Waals surface area contributed by atoms with Crippen molar-refractivity contribution < 1.29 is 64.3 Å². The molecule has 0 aliphatic carbocycles. The van der Waals surface area contributed by atoms with Gasteiger partial charge < -0.3 is 12.9 Å². The van der Waals surface area contributed by atoms with Gasteiger partial charge in [0.25, 0.3) is 0 Å². The summed E-state index contributed by atoms with van der Waals surface area (Å²) in [6.45, 7) is -2.52. The smallest absolute Gasteiger partial charge is 0.445 e. The van der Waals surface area contributed by atoms with E-state index in [1.165, 1.54) is 5.56 Å². The molecule has 1 heterocycles. The van der Waals surface area contributed by atoms with Crippen LogP contribution in [-0.4, -0.2) is 25.0 Å². The van der Waals surface area contributed by atoms with Crippen LogP contribution in [0.1, 0.15) is 18.4 Å². The Kier molecular flexibility index (Phi) is 7.35. The van der Waals surface area contributed by atoms with E-state index in [-0.39, 0.29) is 51.4 Å². The minimum atomic E-state index is -4.78. The summed E-state index contributed by atoms with van der Waals surface area (Å²) in [4.78, 5) is 2.20. The molecule has 0 unspecified atom stereocenters. The summed E-state index contributed by atoms with van der Waals surface area (Å²) in [5.74, 6) is 0.528. The Morgan fingerprint density at radius 1 is 1.05 bits per heavy atom. The van der Waals surface area contributed by atoms with Gasteiger partial charge in [-0.25, -0.2) is 0 Å². The first-order valence-corrected chi connectivity index (χ1v) is 6.20. The average Bonchev–Trinajstić information content (AvgIpc) is 2.31. The van der Waals surface area contributed by atoms with Crippen LogP contribution in [0.5, 0.6) is 0 Å². The summed E-state index contributed by atoms with van der Waals surface area (Å²) in [5, 5.41) is 0. The molecule has 0 amide bonds. The Labute approximate surface area is 154 Å². The first-order valence-electron chi connectivity index (χ1n) is 6.20. The molecule has 1 nitrogen and oxygen atoms in total. The molecule has 1 aromatic rings. The van der Waals surface area contributed by atoms with Gasteiger partial charge in [0, 0.05) is 19.6 Å². The van der Waals surface area contributed by atoms with E-state index in [2.05, 4.69) is 4.90 Å². The predicted molar refractivity (Wildman–Crippen MR) is 68.1 cm³/mol. The molecular formula is C13H16BF3KN. The van der Waals surface area contributed by atoms with Crippen molar-refractivity contribution >= 4 is 6.98 Å². The van der Waals surface area contributed by atoms with Crippen LogP contribution in [0.4, 0.5) is 12.9 Å². The fraction of sp³-hybridized carbons (Fsp3) is 0.385. The summed E-state index contributed by atoms with van der Waals surface area (Å²) in [7, 11) is 0. The van der Waals surface area contributed by atoms with Gasteiger partial charge in [-0.2, -0.15) is 0 Å². The minimum absolute atomic E-state index is 0. The summed E-state index contributed by atoms with van der Waals surface area (Å²) in [6, 6.07) is 10.0. The van der Waals surface area contributed by atoms with E-state index in [0.717, 1.165) is 6.54 Å². The van der Waals surface area contributed by atoms with Crippen molar-refractivity contribution in [3.05, 3.63) is 47.4 Å². The zero-order chi connectivity index (χ0) is 13.0. The summed E-state index contributed by atoms with van der Waals surface area (Å²) in [6.07, 6.45) is 1.07. The first-order chi connectivity index (χ1) is 8.53. The monoisotopic (exact) mass is 293 g/mol. The molecule has 19 heavy (non-hydrogen) atoms. The summed E-state index contributed by atoms with van der Waals surface area (Å²) >= 11 is 0. The normalized spacial score (nSPS) is 16.9. The summed E-state index contributed by atoms with van der Waals surface area (Å²) in [5.41, 5.74) is 1.76. The second-order valence-corrected chi connectivity index (χ2v) is 4.71. The minimum Gasteiger partial charge on any atom is -0.445 e. The third-order valence-electron chi connectivity index (χ3n) is 3.17. The van der Waals surface area contributed by atoms with Gasteiger partial charge in [-0.3, -0.25) is 4.90 Å². The number of halogens is 3. The van der Waals surface area contributed by atoms with Crippen LogP contribution in [0, 0.1) is 0 Å². The second-order valence-electron chi connectivity index (χ2n) is 4.71. The van der Waals surface area contributed by atoms with E-state index >= 15 is 0 Å². The fourth-order valence-corrected chi connectivity index (χ4v) is 2.27. The molecule has 6 heteroatoms. The third kappa shape index (κ3) is 6.60. The topological polar surface area (TPSA) is 3.24 Å². The number of piperidine rings is 1. The Bertz CT molecular complexity index is 410. The number of hydrogen-bond donors (Lipinski definition) is 0. The van der Waals surface area contributed by atoms with E-state index in [4.69, 9.17) is 0 Å². The molecule has 0 atom stereocenters. The van der Waals surface area contributed by atoms with Gasteiger partial charge in [0.2, 0.25) is 0 Å². The quantitative estimate of drug-likeness (QED) is 0.738. The molecule has 0 N–H and O–H groups in total.